The van der Waals surface area contributed by atoms with Crippen LogP contribution in [-0.4, -0.2) is 20.2 Å². The molecule has 5 nitrogen and oxygen atoms in total. The molecule has 0 aromatic heterocycles. The second kappa shape index (κ2) is 3.12. The summed E-state index contributed by atoms with van der Waals surface area (Å²) >= 11 is 0. The average molecular weight is 203 g/mol. The van der Waals surface area contributed by atoms with Crippen LogP contribution in [0.2, 0.25) is 0 Å². The summed E-state index contributed by atoms with van der Waals surface area (Å²) in [6, 6.07) is 0. The number of nitrogens with one attached hydrogen (secondary N) is 1. The molecule has 0 aromatic rings. The molecule has 13 heavy (non-hydrogen) atoms. The number of rotatable bonds is 2. The Morgan fingerprint density at radius 3 is 2.62 bits per heavy atom. The van der Waals surface area contributed by atoms with Gasteiger partial charge in [0.15, 0.2) is 5.03 Å². The van der Waals surface area contributed by atoms with Crippen LogP contribution in [0.4, 0.5) is 0 Å². The maximum absolute atomic E-state index is 10.8. The minimum atomic E-state index is -3.68. The molecule has 6 heteroatoms. The van der Waals surface area contributed by atoms with Crippen molar-refractivity contribution in [3.05, 3.63) is 11.2 Å². The highest BCUT2D eigenvalue weighted by Crippen LogP contribution is 2.14. The van der Waals surface area contributed by atoms with Crippen molar-refractivity contribution in [2.24, 2.45) is 10.1 Å². The molecule has 0 amide bonds. The van der Waals surface area contributed by atoms with Crippen LogP contribution in [0.15, 0.2) is 16.2 Å². The third kappa shape index (κ3) is 2.28. The Morgan fingerprint density at radius 1 is 1.69 bits per heavy atom. The first-order chi connectivity index (χ1) is 5.87. The van der Waals surface area contributed by atoms with E-state index in [1.54, 1.807) is 6.21 Å². The van der Waals surface area contributed by atoms with Gasteiger partial charge in [0, 0.05) is 12.4 Å². The van der Waals surface area contributed by atoms with Gasteiger partial charge in [-0.2, -0.15) is 0 Å². The van der Waals surface area contributed by atoms with Crippen molar-refractivity contribution >= 4 is 16.2 Å². The summed E-state index contributed by atoms with van der Waals surface area (Å²) in [5.74, 6) is 0. The van der Waals surface area contributed by atoms with E-state index in [1.807, 2.05) is 13.8 Å². The van der Waals surface area contributed by atoms with Crippen molar-refractivity contribution in [2.45, 2.75) is 25.8 Å². The van der Waals surface area contributed by atoms with Crippen LogP contribution in [-0.2, 0) is 10.0 Å². The molecular weight excluding hydrogens is 190 g/mol. The van der Waals surface area contributed by atoms with E-state index in [2.05, 4.69) is 10.3 Å². The Bertz CT molecular complexity index is 358. The third-order valence-electron chi connectivity index (χ3n) is 2.03. The lowest BCUT2D eigenvalue weighted by atomic mass is 10.0. The van der Waals surface area contributed by atoms with Crippen LogP contribution in [0.25, 0.3) is 0 Å². The first-order valence-corrected chi connectivity index (χ1v) is 5.48. The Hall–Kier alpha value is -0.880. The number of primary sulfonamides is 1. The van der Waals surface area contributed by atoms with Gasteiger partial charge in [-0.1, -0.05) is 6.92 Å². The van der Waals surface area contributed by atoms with Gasteiger partial charge in [-0.25, -0.2) is 18.5 Å². The lowest BCUT2D eigenvalue weighted by molar-refractivity contribution is 0.520. The van der Waals surface area contributed by atoms with Crippen LogP contribution in [0.3, 0.4) is 0 Å². The van der Waals surface area contributed by atoms with Crippen molar-refractivity contribution in [3.63, 3.8) is 0 Å². The first kappa shape index (κ1) is 10.2. The molecule has 1 unspecified atom stereocenters. The molecule has 3 N–H and O–H groups in total. The minimum Gasteiger partial charge on any atom is -0.378 e. The highest BCUT2D eigenvalue weighted by atomic mass is 32.2. The molecule has 0 saturated carbocycles. The summed E-state index contributed by atoms with van der Waals surface area (Å²) in [5, 5.41) is 7.70. The van der Waals surface area contributed by atoms with E-state index in [4.69, 9.17) is 5.14 Å². The average Bonchev–Trinajstić information content (AvgIpc) is 2.04. The molecule has 0 bridgehead atoms. The van der Waals surface area contributed by atoms with Gasteiger partial charge < -0.3 is 5.32 Å². The van der Waals surface area contributed by atoms with Gasteiger partial charge >= 0.3 is 0 Å². The molecule has 1 aliphatic rings. The summed E-state index contributed by atoms with van der Waals surface area (Å²) < 4.78 is 21.7. The number of nitrogens with two attached hydrogens (primary N) is 1. The fraction of sp³-hybridized carbons (Fsp3) is 0.571. The van der Waals surface area contributed by atoms with Gasteiger partial charge in [-0.15, -0.1) is 0 Å². The molecule has 1 atom stereocenters. The van der Waals surface area contributed by atoms with Crippen molar-refractivity contribution < 1.29 is 8.42 Å². The summed E-state index contributed by atoms with van der Waals surface area (Å²) in [6.07, 6.45) is 3.72. The fourth-order valence-corrected chi connectivity index (χ4v) is 1.28. The summed E-state index contributed by atoms with van der Waals surface area (Å²) in [4.78, 5) is 3.79. The van der Waals surface area contributed by atoms with Gasteiger partial charge in [0.05, 0.1) is 5.54 Å². The van der Waals surface area contributed by atoms with Crippen LogP contribution in [0, 0.1) is 0 Å². The maximum atomic E-state index is 10.8. The first-order valence-electron chi connectivity index (χ1n) is 3.93. The van der Waals surface area contributed by atoms with E-state index in [0.29, 0.717) is 0 Å². The monoisotopic (exact) mass is 203 g/mol. The lowest BCUT2D eigenvalue weighted by Gasteiger charge is -2.26. The smallest absolute Gasteiger partial charge is 0.256 e. The second-order valence-corrected chi connectivity index (χ2v) is 4.71. The molecular formula is C7H13N3O2S. The summed E-state index contributed by atoms with van der Waals surface area (Å²) in [7, 11) is -3.68. The lowest BCUT2D eigenvalue weighted by Crippen LogP contribution is -2.42. The van der Waals surface area contributed by atoms with E-state index in [0.717, 1.165) is 6.42 Å². The standard InChI is InChI=1S/C7H13N3O2S/c1-3-7(2)5-9-6(4-10-7)13(8,11)12/h4-5,10H,3H2,1-2H3,(H2,8,11,12). The number of hydrogen-bond acceptors (Lipinski definition) is 4. The summed E-state index contributed by atoms with van der Waals surface area (Å²) in [5.41, 5.74) is -0.270. The third-order valence-corrected chi connectivity index (χ3v) is 2.83. The zero-order chi connectivity index (χ0) is 10.1. The normalized spacial score (nSPS) is 28.1. The van der Waals surface area contributed by atoms with Crippen LogP contribution in [0.1, 0.15) is 20.3 Å². The van der Waals surface area contributed by atoms with Gasteiger partial charge in [-0.05, 0) is 13.3 Å². The highest BCUT2D eigenvalue weighted by Gasteiger charge is 2.23. The predicted molar refractivity (Wildman–Crippen MR) is 51.5 cm³/mol. The van der Waals surface area contributed by atoms with Crippen LogP contribution >= 0.6 is 0 Å². The van der Waals surface area contributed by atoms with Crippen molar-refractivity contribution in [1.29, 1.82) is 0 Å². The van der Waals surface area contributed by atoms with Crippen molar-refractivity contribution in [2.75, 3.05) is 0 Å². The second-order valence-electron chi connectivity index (χ2n) is 3.20. The zero-order valence-electron chi connectivity index (χ0n) is 7.61. The highest BCUT2D eigenvalue weighted by molar-refractivity contribution is 7.93. The minimum absolute atomic E-state index is 0.126. The Kier molecular flexibility index (Phi) is 2.44. The molecule has 1 aliphatic heterocycles. The number of hydrogen-bond donors (Lipinski definition) is 2. The van der Waals surface area contributed by atoms with Gasteiger partial charge in [0.1, 0.15) is 0 Å². The topological polar surface area (TPSA) is 84.5 Å². The molecule has 0 aromatic carbocycles. The van der Waals surface area contributed by atoms with Gasteiger partial charge in [0.25, 0.3) is 10.0 Å². The Labute approximate surface area is 77.8 Å². The van der Waals surface area contributed by atoms with E-state index in [9.17, 15) is 8.42 Å². The Morgan fingerprint density at radius 2 is 2.31 bits per heavy atom. The van der Waals surface area contributed by atoms with Crippen molar-refractivity contribution in [3.8, 4) is 0 Å². The molecule has 0 aliphatic carbocycles. The van der Waals surface area contributed by atoms with E-state index in [-0.39, 0.29) is 10.6 Å². The SMILES string of the molecule is CCC1(C)C=NC(S(N)(=O)=O)=CN1. The molecule has 1 rings (SSSR count). The van der Waals surface area contributed by atoms with Gasteiger partial charge in [0.2, 0.25) is 0 Å². The van der Waals surface area contributed by atoms with E-state index < -0.39 is 10.0 Å². The molecule has 0 saturated heterocycles. The largest absolute Gasteiger partial charge is 0.378 e. The quantitative estimate of drug-likeness (QED) is 0.658. The molecule has 74 valence electrons. The van der Waals surface area contributed by atoms with Crippen LogP contribution < -0.4 is 10.5 Å². The fourth-order valence-electron chi connectivity index (χ4n) is 0.856. The molecule has 1 heterocycles. The molecule has 0 spiro atoms. The van der Waals surface area contributed by atoms with E-state index in [1.165, 1.54) is 6.20 Å². The Balaban J connectivity index is 2.89. The molecule has 0 radical (unpaired) electrons. The number of sulfonamides is 1. The van der Waals surface area contributed by atoms with Crippen molar-refractivity contribution in [1.82, 2.24) is 5.32 Å². The van der Waals surface area contributed by atoms with E-state index >= 15 is 0 Å². The molecule has 0 fully saturated rings. The van der Waals surface area contributed by atoms with Crippen LogP contribution in [0.5, 0.6) is 0 Å². The van der Waals surface area contributed by atoms with Gasteiger partial charge in [-0.3, -0.25) is 0 Å². The number of aliphatic imine (C=N–C) groups is 1. The maximum Gasteiger partial charge on any atom is 0.256 e. The zero-order valence-corrected chi connectivity index (χ0v) is 8.43. The predicted octanol–water partition coefficient (Wildman–Crippen LogP) is -0.0835. The number of nitrogens with zero attached hydrogens (tertiary/aromatic N) is 1. The summed E-state index contributed by atoms with van der Waals surface area (Å²) in [6.45, 7) is 3.90.